The fourth-order valence-corrected chi connectivity index (χ4v) is 3.07. The third-order valence-corrected chi connectivity index (χ3v) is 4.62. The normalized spacial score (nSPS) is 12.0. The second kappa shape index (κ2) is 10.1. The maximum atomic E-state index is 12.5. The molecule has 0 unspecified atom stereocenters. The largest absolute Gasteiger partial charge is 0.479 e. The average molecular weight is 398 g/mol. The number of hydrogen-bond donors (Lipinski definition) is 1. The van der Waals surface area contributed by atoms with Crippen LogP contribution in [0.2, 0.25) is 0 Å². The minimum absolute atomic E-state index is 0.259. The number of nitrogens with one attached hydrogen (secondary N) is 1. The first-order valence-electron chi connectivity index (χ1n) is 10.0. The molecule has 1 amide bonds. The average Bonchev–Trinajstić information content (AvgIpc) is 2.65. The molecule has 0 saturated heterocycles. The number of hydrogen-bond acceptors (Lipinski definition) is 4. The summed E-state index contributed by atoms with van der Waals surface area (Å²) in [7, 11) is 0. The molecule has 1 N–H and O–H groups in total. The van der Waals surface area contributed by atoms with Crippen molar-refractivity contribution in [3.8, 4) is 5.75 Å². The van der Waals surface area contributed by atoms with Gasteiger partial charge in [-0.15, -0.1) is 0 Å². The highest BCUT2D eigenvalue weighted by molar-refractivity contribution is 5.94. The van der Waals surface area contributed by atoms with E-state index in [0.29, 0.717) is 5.75 Å². The highest BCUT2D eigenvalue weighted by Crippen LogP contribution is 2.32. The Labute approximate surface area is 173 Å². The molecule has 2 rings (SSSR count). The number of esters is 1. The van der Waals surface area contributed by atoms with Crippen molar-refractivity contribution < 1.29 is 19.1 Å². The lowest BCUT2D eigenvalue weighted by Gasteiger charge is -2.20. The summed E-state index contributed by atoms with van der Waals surface area (Å²) in [6.45, 7) is 11.5. The quantitative estimate of drug-likeness (QED) is 0.623. The van der Waals surface area contributed by atoms with Crippen molar-refractivity contribution in [1.29, 1.82) is 0 Å². The van der Waals surface area contributed by atoms with Crippen molar-refractivity contribution in [3.05, 3.63) is 59.2 Å². The summed E-state index contributed by atoms with van der Waals surface area (Å²) in [6.07, 6.45) is -0.807. The Morgan fingerprint density at radius 3 is 2.07 bits per heavy atom. The Morgan fingerprint density at radius 2 is 1.52 bits per heavy atom. The topological polar surface area (TPSA) is 64.6 Å². The molecule has 2 aromatic rings. The number of carbonyl (C=O) groups is 2. The van der Waals surface area contributed by atoms with Crippen molar-refractivity contribution in [2.75, 3.05) is 11.9 Å². The molecule has 0 fully saturated rings. The summed E-state index contributed by atoms with van der Waals surface area (Å²) < 4.78 is 10.8. The number of anilines is 1. The van der Waals surface area contributed by atoms with Crippen LogP contribution in [-0.2, 0) is 14.3 Å². The van der Waals surface area contributed by atoms with Gasteiger partial charge in [-0.3, -0.25) is 4.79 Å². The van der Waals surface area contributed by atoms with Crippen molar-refractivity contribution in [2.24, 2.45) is 0 Å². The van der Waals surface area contributed by atoms with Gasteiger partial charge in [0.2, 0.25) is 0 Å². The van der Waals surface area contributed by atoms with Crippen LogP contribution >= 0.6 is 0 Å². The van der Waals surface area contributed by atoms with Crippen LogP contribution in [0.25, 0.3) is 0 Å². The van der Waals surface area contributed by atoms with E-state index in [4.69, 9.17) is 9.47 Å². The lowest BCUT2D eigenvalue weighted by Crippen LogP contribution is -2.30. The van der Waals surface area contributed by atoms with Crippen molar-refractivity contribution in [3.63, 3.8) is 0 Å². The molecule has 156 valence electrons. The van der Waals surface area contributed by atoms with Gasteiger partial charge in [-0.05, 0) is 54.5 Å². The van der Waals surface area contributed by atoms with E-state index in [9.17, 15) is 9.59 Å². The Kier molecular flexibility index (Phi) is 7.82. The van der Waals surface area contributed by atoms with Crippen molar-refractivity contribution in [1.82, 2.24) is 0 Å². The molecule has 0 aliphatic carbocycles. The van der Waals surface area contributed by atoms with Crippen LogP contribution in [0.3, 0.4) is 0 Å². The zero-order chi connectivity index (χ0) is 21.6. The number of rotatable bonds is 8. The minimum Gasteiger partial charge on any atom is -0.479 e. The number of ether oxygens (including phenoxy) is 2. The maximum Gasteiger partial charge on any atom is 0.347 e. The summed E-state index contributed by atoms with van der Waals surface area (Å²) in [6, 6.07) is 13.4. The van der Waals surface area contributed by atoms with Gasteiger partial charge in [0.05, 0.1) is 0 Å². The Hall–Kier alpha value is -2.82. The molecule has 0 bridgehead atoms. The standard InChI is InChI=1S/C24H31NO4/c1-15(2)20-11-8-12-21(16(3)4)23(20)25-22(26)14-28-24(27)18(6)29-19-10-7-9-17(5)13-19/h7-13,15-16,18H,14H2,1-6H3,(H,25,26)/t18-/m0/s1. The zero-order valence-corrected chi connectivity index (χ0v) is 18.1. The van der Waals surface area contributed by atoms with E-state index in [2.05, 4.69) is 33.0 Å². The highest BCUT2D eigenvalue weighted by Gasteiger charge is 2.20. The van der Waals surface area contributed by atoms with Crippen LogP contribution in [0.15, 0.2) is 42.5 Å². The minimum atomic E-state index is -0.807. The van der Waals surface area contributed by atoms with E-state index in [0.717, 1.165) is 22.4 Å². The van der Waals surface area contributed by atoms with Crippen molar-refractivity contribution >= 4 is 17.6 Å². The molecule has 5 nitrogen and oxygen atoms in total. The number of para-hydroxylation sites is 1. The zero-order valence-electron chi connectivity index (χ0n) is 18.1. The van der Waals surface area contributed by atoms with Crippen LogP contribution in [-0.4, -0.2) is 24.6 Å². The smallest absolute Gasteiger partial charge is 0.347 e. The lowest BCUT2D eigenvalue weighted by molar-refractivity contribution is -0.153. The predicted molar refractivity (Wildman–Crippen MR) is 115 cm³/mol. The molecule has 29 heavy (non-hydrogen) atoms. The first-order chi connectivity index (χ1) is 13.7. The third-order valence-electron chi connectivity index (χ3n) is 4.62. The molecule has 0 radical (unpaired) electrons. The monoisotopic (exact) mass is 397 g/mol. The molecular weight excluding hydrogens is 366 g/mol. The van der Waals surface area contributed by atoms with E-state index in [1.807, 2.05) is 43.3 Å². The number of aryl methyl sites for hydroxylation is 1. The molecule has 0 aliphatic rings. The lowest BCUT2D eigenvalue weighted by atomic mass is 9.92. The molecular formula is C24H31NO4. The fraction of sp³-hybridized carbons (Fsp3) is 0.417. The van der Waals surface area contributed by atoms with Gasteiger partial charge in [-0.25, -0.2) is 4.79 Å². The highest BCUT2D eigenvalue weighted by atomic mass is 16.6. The summed E-state index contributed by atoms with van der Waals surface area (Å²) in [5, 5.41) is 2.94. The summed E-state index contributed by atoms with van der Waals surface area (Å²) >= 11 is 0. The van der Waals surface area contributed by atoms with Gasteiger partial charge >= 0.3 is 5.97 Å². The molecule has 5 heteroatoms. The van der Waals surface area contributed by atoms with Gasteiger partial charge in [0.1, 0.15) is 5.75 Å². The SMILES string of the molecule is Cc1cccc(O[C@@H](C)C(=O)OCC(=O)Nc2c(C(C)C)cccc2C(C)C)c1. The van der Waals surface area contributed by atoms with E-state index in [1.54, 1.807) is 13.0 Å². The molecule has 0 spiro atoms. The van der Waals surface area contributed by atoms with Crippen LogP contribution in [0, 0.1) is 6.92 Å². The molecule has 0 aliphatic heterocycles. The fourth-order valence-electron chi connectivity index (χ4n) is 3.07. The summed E-state index contributed by atoms with van der Waals surface area (Å²) in [4.78, 5) is 24.7. The molecule has 0 saturated carbocycles. The van der Waals surface area contributed by atoms with Gasteiger partial charge in [0, 0.05) is 5.69 Å². The number of amides is 1. The van der Waals surface area contributed by atoms with Crippen LogP contribution in [0.5, 0.6) is 5.75 Å². The van der Waals surface area contributed by atoms with E-state index >= 15 is 0 Å². The number of carbonyl (C=O) groups excluding carboxylic acids is 2. The second-order valence-corrected chi connectivity index (χ2v) is 7.85. The predicted octanol–water partition coefficient (Wildman–Crippen LogP) is 5.19. The van der Waals surface area contributed by atoms with Crippen LogP contribution in [0.4, 0.5) is 5.69 Å². The molecule has 0 heterocycles. The second-order valence-electron chi connectivity index (χ2n) is 7.85. The molecule has 2 aromatic carbocycles. The molecule has 0 aromatic heterocycles. The summed E-state index contributed by atoms with van der Waals surface area (Å²) in [5.41, 5.74) is 3.97. The Bertz CT molecular complexity index is 831. The van der Waals surface area contributed by atoms with Gasteiger partial charge in [-0.2, -0.15) is 0 Å². The van der Waals surface area contributed by atoms with Gasteiger partial charge in [0.15, 0.2) is 12.7 Å². The van der Waals surface area contributed by atoms with E-state index < -0.39 is 12.1 Å². The van der Waals surface area contributed by atoms with Gasteiger partial charge < -0.3 is 14.8 Å². The third kappa shape index (κ3) is 6.34. The van der Waals surface area contributed by atoms with Crippen molar-refractivity contribution in [2.45, 2.75) is 59.5 Å². The molecule has 1 atom stereocenters. The first-order valence-corrected chi connectivity index (χ1v) is 10.0. The van der Waals surface area contributed by atoms with E-state index in [1.165, 1.54) is 0 Å². The first kappa shape index (κ1) is 22.5. The number of benzene rings is 2. The van der Waals surface area contributed by atoms with Crippen LogP contribution in [0.1, 0.15) is 63.1 Å². The van der Waals surface area contributed by atoms with Gasteiger partial charge in [-0.1, -0.05) is 58.0 Å². The Morgan fingerprint density at radius 1 is 0.931 bits per heavy atom. The van der Waals surface area contributed by atoms with E-state index in [-0.39, 0.29) is 24.3 Å². The van der Waals surface area contributed by atoms with Crippen LogP contribution < -0.4 is 10.1 Å². The Balaban J connectivity index is 1.98. The maximum absolute atomic E-state index is 12.5. The van der Waals surface area contributed by atoms with Gasteiger partial charge in [0.25, 0.3) is 5.91 Å². The summed E-state index contributed by atoms with van der Waals surface area (Å²) in [5.74, 6) is 0.161.